The molecule has 1 aliphatic rings. The number of para-hydroxylation sites is 1. The van der Waals surface area contributed by atoms with Crippen molar-refractivity contribution in [2.24, 2.45) is 0 Å². The van der Waals surface area contributed by atoms with Gasteiger partial charge < -0.3 is 19.7 Å². The molecule has 0 spiro atoms. The molecule has 0 unspecified atom stereocenters. The molecule has 1 aliphatic heterocycles. The summed E-state index contributed by atoms with van der Waals surface area (Å²) in [5, 5.41) is 13.5. The van der Waals surface area contributed by atoms with E-state index in [0.29, 0.717) is 29.4 Å². The number of carbonyl (C=O) groups is 2. The van der Waals surface area contributed by atoms with Crippen LogP contribution in [-0.2, 0) is 4.79 Å². The molecule has 3 aromatic carbocycles. The molecule has 0 saturated carbocycles. The van der Waals surface area contributed by atoms with Crippen molar-refractivity contribution in [1.29, 1.82) is 0 Å². The number of nitro groups is 1. The molecule has 0 saturated heterocycles. The number of nitro benzene ring substituents is 1. The summed E-state index contributed by atoms with van der Waals surface area (Å²) in [6.45, 7) is 0.519. The summed E-state index contributed by atoms with van der Waals surface area (Å²) in [6, 6.07) is 19.6. The van der Waals surface area contributed by atoms with Gasteiger partial charge >= 0.3 is 0 Å². The van der Waals surface area contributed by atoms with Gasteiger partial charge in [0.2, 0.25) is 0 Å². The van der Waals surface area contributed by atoms with Gasteiger partial charge in [-0.1, -0.05) is 18.2 Å². The molecule has 162 valence electrons. The summed E-state index contributed by atoms with van der Waals surface area (Å²) in [6.07, 6.45) is 0. The van der Waals surface area contributed by atoms with E-state index in [1.54, 1.807) is 23.1 Å². The van der Waals surface area contributed by atoms with E-state index in [9.17, 15) is 19.7 Å². The fourth-order valence-corrected chi connectivity index (χ4v) is 3.23. The SMILES string of the molecule is O=C(Nc1ccc2c(c1)N(CCOc1ccccc1)C(=O)CO2)c1ccc([N+](=O)[O-])cc1. The Hall–Kier alpha value is -4.40. The van der Waals surface area contributed by atoms with Gasteiger partial charge in [0.15, 0.2) is 6.61 Å². The zero-order valence-electron chi connectivity index (χ0n) is 16.9. The third-order valence-corrected chi connectivity index (χ3v) is 4.83. The molecular formula is C23H19N3O6. The zero-order valence-corrected chi connectivity index (χ0v) is 16.9. The highest BCUT2D eigenvalue weighted by Crippen LogP contribution is 2.34. The number of non-ortho nitro benzene ring substituents is 1. The second-order valence-corrected chi connectivity index (χ2v) is 6.94. The van der Waals surface area contributed by atoms with Crippen molar-refractivity contribution in [1.82, 2.24) is 0 Å². The van der Waals surface area contributed by atoms with Crippen molar-refractivity contribution in [3.05, 3.63) is 88.5 Å². The highest BCUT2D eigenvalue weighted by molar-refractivity contribution is 6.05. The van der Waals surface area contributed by atoms with Gasteiger partial charge in [0, 0.05) is 23.4 Å². The molecule has 0 radical (unpaired) electrons. The maximum Gasteiger partial charge on any atom is 0.269 e. The molecule has 32 heavy (non-hydrogen) atoms. The zero-order chi connectivity index (χ0) is 22.5. The van der Waals surface area contributed by atoms with Crippen LogP contribution in [0, 0.1) is 10.1 Å². The molecule has 2 amide bonds. The Morgan fingerprint density at radius 1 is 1.09 bits per heavy atom. The lowest BCUT2D eigenvalue weighted by atomic mass is 10.1. The van der Waals surface area contributed by atoms with E-state index >= 15 is 0 Å². The molecule has 1 N–H and O–H groups in total. The van der Waals surface area contributed by atoms with Crippen molar-refractivity contribution in [3.8, 4) is 11.5 Å². The van der Waals surface area contributed by atoms with Crippen molar-refractivity contribution < 1.29 is 24.0 Å². The first kappa shape index (κ1) is 20.9. The second-order valence-electron chi connectivity index (χ2n) is 6.94. The van der Waals surface area contributed by atoms with E-state index < -0.39 is 10.8 Å². The summed E-state index contributed by atoms with van der Waals surface area (Å²) in [5.41, 5.74) is 1.16. The monoisotopic (exact) mass is 433 g/mol. The molecule has 0 bridgehead atoms. The van der Waals surface area contributed by atoms with Crippen LogP contribution in [0.15, 0.2) is 72.8 Å². The van der Waals surface area contributed by atoms with Gasteiger partial charge in [-0.3, -0.25) is 19.7 Å². The molecule has 1 heterocycles. The number of ether oxygens (including phenoxy) is 2. The maximum atomic E-state index is 12.5. The van der Waals surface area contributed by atoms with Gasteiger partial charge in [-0.2, -0.15) is 0 Å². The van der Waals surface area contributed by atoms with Gasteiger partial charge in [0.05, 0.1) is 17.2 Å². The van der Waals surface area contributed by atoms with E-state index in [-0.39, 0.29) is 30.4 Å². The van der Waals surface area contributed by atoms with E-state index in [2.05, 4.69) is 5.32 Å². The van der Waals surface area contributed by atoms with Crippen molar-refractivity contribution in [3.63, 3.8) is 0 Å². The van der Waals surface area contributed by atoms with Crippen LogP contribution in [0.3, 0.4) is 0 Å². The van der Waals surface area contributed by atoms with E-state index in [1.165, 1.54) is 24.3 Å². The molecule has 3 aromatic rings. The van der Waals surface area contributed by atoms with E-state index in [1.807, 2.05) is 30.3 Å². The Morgan fingerprint density at radius 3 is 2.56 bits per heavy atom. The fraction of sp³-hybridized carbons (Fsp3) is 0.130. The second kappa shape index (κ2) is 9.17. The average molecular weight is 433 g/mol. The highest BCUT2D eigenvalue weighted by Gasteiger charge is 2.26. The Labute approximate surface area is 183 Å². The smallest absolute Gasteiger partial charge is 0.269 e. The molecule has 9 nitrogen and oxygen atoms in total. The lowest BCUT2D eigenvalue weighted by Crippen LogP contribution is -2.41. The third kappa shape index (κ3) is 4.67. The first-order chi connectivity index (χ1) is 15.5. The van der Waals surface area contributed by atoms with Gasteiger partial charge in [-0.15, -0.1) is 0 Å². The largest absolute Gasteiger partial charge is 0.492 e. The van der Waals surface area contributed by atoms with Crippen LogP contribution in [0.25, 0.3) is 0 Å². The number of fused-ring (bicyclic) bond motifs is 1. The summed E-state index contributed by atoms with van der Waals surface area (Å²) >= 11 is 0. The molecular weight excluding hydrogens is 414 g/mol. The van der Waals surface area contributed by atoms with Crippen LogP contribution in [0.4, 0.5) is 17.1 Å². The molecule has 4 rings (SSSR count). The number of amides is 2. The maximum absolute atomic E-state index is 12.5. The van der Waals surface area contributed by atoms with Crippen LogP contribution in [0.5, 0.6) is 11.5 Å². The number of carbonyl (C=O) groups excluding carboxylic acids is 2. The number of anilines is 2. The van der Waals surface area contributed by atoms with Crippen molar-refractivity contribution in [2.45, 2.75) is 0 Å². The first-order valence-electron chi connectivity index (χ1n) is 9.82. The Kier molecular flexibility index (Phi) is 5.98. The summed E-state index contributed by atoms with van der Waals surface area (Å²) in [5.74, 6) is 0.588. The highest BCUT2D eigenvalue weighted by atomic mass is 16.6. The van der Waals surface area contributed by atoms with Gasteiger partial charge in [0.1, 0.15) is 18.1 Å². The minimum atomic E-state index is -0.529. The fourth-order valence-electron chi connectivity index (χ4n) is 3.23. The minimum absolute atomic E-state index is 0.0765. The standard InChI is InChI=1S/C23H19N3O6/c27-22-15-32-21-11-8-17(24-23(28)16-6-9-18(10-7-16)26(29)30)14-20(21)25(22)12-13-31-19-4-2-1-3-5-19/h1-11,14H,12-13,15H2,(H,24,28). The Balaban J connectivity index is 1.47. The van der Waals surface area contributed by atoms with Crippen LogP contribution < -0.4 is 19.7 Å². The Morgan fingerprint density at radius 2 is 1.84 bits per heavy atom. The van der Waals surface area contributed by atoms with Crippen molar-refractivity contribution >= 4 is 28.9 Å². The molecule has 0 fully saturated rings. The lowest BCUT2D eigenvalue weighted by molar-refractivity contribution is -0.384. The number of benzene rings is 3. The Bertz CT molecular complexity index is 1150. The van der Waals surface area contributed by atoms with Crippen LogP contribution in [0.2, 0.25) is 0 Å². The van der Waals surface area contributed by atoms with E-state index in [0.717, 1.165) is 0 Å². The quantitative estimate of drug-likeness (QED) is 0.450. The number of rotatable bonds is 7. The molecule has 0 aliphatic carbocycles. The molecule has 0 atom stereocenters. The van der Waals surface area contributed by atoms with Crippen molar-refractivity contribution in [2.75, 3.05) is 30.0 Å². The normalized spacial score (nSPS) is 12.5. The molecule has 9 heteroatoms. The summed E-state index contributed by atoms with van der Waals surface area (Å²) in [4.78, 5) is 36.8. The van der Waals surface area contributed by atoms with E-state index in [4.69, 9.17) is 9.47 Å². The first-order valence-corrected chi connectivity index (χ1v) is 9.82. The lowest BCUT2D eigenvalue weighted by Gasteiger charge is -2.29. The van der Waals surface area contributed by atoms with Gasteiger partial charge in [0.25, 0.3) is 17.5 Å². The predicted molar refractivity (Wildman–Crippen MR) is 117 cm³/mol. The van der Waals surface area contributed by atoms with Gasteiger partial charge in [-0.05, 0) is 42.5 Å². The molecule has 0 aromatic heterocycles. The number of nitrogens with one attached hydrogen (secondary N) is 1. The summed E-state index contributed by atoms with van der Waals surface area (Å²) in [7, 11) is 0. The number of nitrogens with zero attached hydrogens (tertiary/aromatic N) is 2. The average Bonchev–Trinajstić information content (AvgIpc) is 2.81. The number of hydrogen-bond donors (Lipinski definition) is 1. The van der Waals surface area contributed by atoms with Gasteiger partial charge in [-0.25, -0.2) is 0 Å². The predicted octanol–water partition coefficient (Wildman–Crippen LogP) is 3.65. The summed E-state index contributed by atoms with van der Waals surface area (Å²) < 4.78 is 11.2. The van der Waals surface area contributed by atoms with Crippen LogP contribution >= 0.6 is 0 Å². The minimum Gasteiger partial charge on any atom is -0.492 e. The van der Waals surface area contributed by atoms with Crippen LogP contribution in [-0.4, -0.2) is 36.5 Å². The van der Waals surface area contributed by atoms with Crippen LogP contribution in [0.1, 0.15) is 10.4 Å². The number of hydrogen-bond acceptors (Lipinski definition) is 6. The third-order valence-electron chi connectivity index (χ3n) is 4.83. The topological polar surface area (TPSA) is 111 Å².